The molecule has 2 saturated heterocycles. The Balaban J connectivity index is 1.92. The summed E-state index contributed by atoms with van der Waals surface area (Å²) in [4.78, 5) is 11.0. The monoisotopic (exact) mass is 296 g/mol. The van der Waals surface area contributed by atoms with Gasteiger partial charge in [0.05, 0.1) is 6.04 Å². The SMILES string of the molecule is NC(=O)NC1(C2NCCCC23C=CCCC3)NCCS1. The lowest BCUT2D eigenvalue weighted by molar-refractivity contribution is 0.113. The third-order valence-corrected chi connectivity index (χ3v) is 6.09. The number of allylic oxidation sites excluding steroid dienone is 1. The summed E-state index contributed by atoms with van der Waals surface area (Å²) in [6.45, 7) is 1.91. The minimum absolute atomic E-state index is 0.142. The summed E-state index contributed by atoms with van der Waals surface area (Å²) >= 11 is 1.77. The Morgan fingerprint density at radius 1 is 1.35 bits per heavy atom. The number of piperidine rings is 1. The Labute approximate surface area is 124 Å². The van der Waals surface area contributed by atoms with Gasteiger partial charge in [0.15, 0.2) is 4.99 Å². The second-order valence-corrected chi connectivity index (χ2v) is 7.36. The Morgan fingerprint density at radius 2 is 2.20 bits per heavy atom. The maximum atomic E-state index is 11.5. The highest BCUT2D eigenvalue weighted by molar-refractivity contribution is 8.00. The zero-order valence-corrected chi connectivity index (χ0v) is 12.6. The molecule has 2 amide bonds. The van der Waals surface area contributed by atoms with Crippen LogP contribution in [0.2, 0.25) is 0 Å². The molecular formula is C14H24N4OS. The van der Waals surface area contributed by atoms with Crippen molar-refractivity contribution in [1.82, 2.24) is 16.0 Å². The molecule has 3 aliphatic rings. The van der Waals surface area contributed by atoms with Crippen molar-refractivity contribution in [2.24, 2.45) is 11.1 Å². The number of hydrogen-bond acceptors (Lipinski definition) is 4. The molecule has 3 rings (SSSR count). The predicted molar refractivity (Wildman–Crippen MR) is 82.4 cm³/mol. The first-order chi connectivity index (χ1) is 9.67. The lowest BCUT2D eigenvalue weighted by Gasteiger charge is -2.51. The Kier molecular flexibility index (Phi) is 3.97. The largest absolute Gasteiger partial charge is 0.352 e. The van der Waals surface area contributed by atoms with E-state index in [9.17, 15) is 4.79 Å². The molecule has 5 N–H and O–H groups in total. The van der Waals surface area contributed by atoms with E-state index in [2.05, 4.69) is 28.1 Å². The van der Waals surface area contributed by atoms with Crippen LogP contribution in [-0.4, -0.2) is 35.9 Å². The predicted octanol–water partition coefficient (Wildman–Crippen LogP) is 1.12. The molecule has 0 bridgehead atoms. The molecule has 3 unspecified atom stereocenters. The molecule has 3 atom stereocenters. The quantitative estimate of drug-likeness (QED) is 0.576. The molecule has 2 aliphatic heterocycles. The van der Waals surface area contributed by atoms with Crippen LogP contribution in [0, 0.1) is 5.41 Å². The van der Waals surface area contributed by atoms with E-state index >= 15 is 0 Å². The number of hydrogen-bond donors (Lipinski definition) is 4. The van der Waals surface area contributed by atoms with Gasteiger partial charge in [-0.2, -0.15) is 0 Å². The molecule has 2 fully saturated rings. The fraction of sp³-hybridized carbons (Fsp3) is 0.786. The number of rotatable bonds is 2. The van der Waals surface area contributed by atoms with Crippen LogP contribution in [-0.2, 0) is 0 Å². The fourth-order valence-electron chi connectivity index (χ4n) is 3.98. The van der Waals surface area contributed by atoms with Gasteiger partial charge in [-0.3, -0.25) is 5.32 Å². The minimum Gasteiger partial charge on any atom is -0.352 e. The molecule has 2 heterocycles. The highest BCUT2D eigenvalue weighted by Crippen LogP contribution is 2.47. The highest BCUT2D eigenvalue weighted by atomic mass is 32.2. The van der Waals surface area contributed by atoms with Crippen molar-refractivity contribution in [3.63, 3.8) is 0 Å². The highest BCUT2D eigenvalue weighted by Gasteiger charge is 2.53. The van der Waals surface area contributed by atoms with Crippen LogP contribution in [0.25, 0.3) is 0 Å². The molecule has 0 radical (unpaired) electrons. The van der Waals surface area contributed by atoms with Crippen LogP contribution in [0.4, 0.5) is 4.79 Å². The van der Waals surface area contributed by atoms with Crippen molar-refractivity contribution in [1.29, 1.82) is 0 Å². The van der Waals surface area contributed by atoms with Crippen LogP contribution in [0.3, 0.4) is 0 Å². The summed E-state index contributed by atoms with van der Waals surface area (Å²) in [6, 6.07) is -0.255. The Morgan fingerprint density at radius 3 is 2.85 bits per heavy atom. The number of carbonyl (C=O) groups excluding carboxylic acids is 1. The Hall–Kier alpha value is -0.720. The summed E-state index contributed by atoms with van der Waals surface area (Å²) in [5, 5.41) is 10.2. The van der Waals surface area contributed by atoms with Gasteiger partial charge in [-0.15, -0.1) is 11.8 Å². The molecule has 0 aromatic rings. The zero-order chi connectivity index (χ0) is 14.1. The van der Waals surface area contributed by atoms with Crippen LogP contribution >= 0.6 is 11.8 Å². The number of nitrogens with two attached hydrogens (primary N) is 1. The van der Waals surface area contributed by atoms with Crippen LogP contribution in [0.15, 0.2) is 12.2 Å². The van der Waals surface area contributed by atoms with Gasteiger partial charge in [-0.1, -0.05) is 12.2 Å². The average molecular weight is 296 g/mol. The Bertz CT molecular complexity index is 408. The average Bonchev–Trinajstić information content (AvgIpc) is 2.88. The van der Waals surface area contributed by atoms with Crippen molar-refractivity contribution in [3.8, 4) is 0 Å². The molecule has 112 valence electrons. The van der Waals surface area contributed by atoms with Gasteiger partial charge < -0.3 is 16.4 Å². The number of primary amides is 1. The first-order valence-corrected chi connectivity index (χ1v) is 8.53. The van der Waals surface area contributed by atoms with Crippen LogP contribution < -0.4 is 21.7 Å². The summed E-state index contributed by atoms with van der Waals surface area (Å²) < 4.78 is 0. The molecule has 6 heteroatoms. The maximum Gasteiger partial charge on any atom is 0.314 e. The van der Waals surface area contributed by atoms with Gasteiger partial charge >= 0.3 is 6.03 Å². The van der Waals surface area contributed by atoms with Crippen LogP contribution in [0.1, 0.15) is 32.1 Å². The van der Waals surface area contributed by atoms with E-state index in [0.29, 0.717) is 0 Å². The molecular weight excluding hydrogens is 272 g/mol. The van der Waals surface area contributed by atoms with Gasteiger partial charge in [0.2, 0.25) is 0 Å². The van der Waals surface area contributed by atoms with Gasteiger partial charge in [0.25, 0.3) is 0 Å². The first kappa shape index (κ1) is 14.2. The van der Waals surface area contributed by atoms with Crippen molar-refractivity contribution >= 4 is 17.8 Å². The normalized spacial score (nSPS) is 40.9. The fourth-order valence-corrected chi connectivity index (χ4v) is 5.37. The summed E-state index contributed by atoms with van der Waals surface area (Å²) in [5.74, 6) is 0.998. The van der Waals surface area contributed by atoms with E-state index < -0.39 is 11.0 Å². The van der Waals surface area contributed by atoms with Crippen LogP contribution in [0.5, 0.6) is 0 Å². The second kappa shape index (κ2) is 5.58. The molecule has 0 saturated carbocycles. The minimum atomic E-state index is -0.464. The van der Waals surface area contributed by atoms with E-state index in [-0.39, 0.29) is 11.5 Å². The van der Waals surface area contributed by atoms with Gasteiger partial charge in [0.1, 0.15) is 0 Å². The smallest absolute Gasteiger partial charge is 0.314 e. The molecule has 0 aromatic heterocycles. The molecule has 5 nitrogen and oxygen atoms in total. The number of nitrogens with one attached hydrogen (secondary N) is 3. The lowest BCUT2D eigenvalue weighted by atomic mass is 9.67. The number of thioether (sulfide) groups is 1. The summed E-state index contributed by atoms with van der Waals surface area (Å²) in [7, 11) is 0. The lowest BCUT2D eigenvalue weighted by Crippen LogP contribution is -2.71. The maximum absolute atomic E-state index is 11.5. The van der Waals surface area contributed by atoms with E-state index in [1.54, 1.807) is 11.8 Å². The number of carbonyl (C=O) groups is 1. The third-order valence-electron chi connectivity index (χ3n) is 4.74. The van der Waals surface area contributed by atoms with Gasteiger partial charge in [-0.25, -0.2) is 4.79 Å². The standard InChI is InChI=1S/C14H24N4OS/c15-12(19)18-14(17-9-10-20-14)11-13(7-4-8-16-11)5-2-1-3-6-13/h2,5,11,16-17H,1,3-4,6-10H2,(H3,15,18,19). The van der Waals surface area contributed by atoms with Crippen molar-refractivity contribution < 1.29 is 4.79 Å². The van der Waals surface area contributed by atoms with Gasteiger partial charge in [0, 0.05) is 17.7 Å². The number of amides is 2. The molecule has 0 aromatic carbocycles. The van der Waals surface area contributed by atoms with Gasteiger partial charge in [-0.05, 0) is 38.6 Å². The van der Waals surface area contributed by atoms with Crippen molar-refractivity contribution in [2.45, 2.75) is 43.1 Å². The molecule has 1 spiro atoms. The van der Waals surface area contributed by atoms with E-state index in [1.165, 1.54) is 32.1 Å². The summed E-state index contributed by atoms with van der Waals surface area (Å²) in [6.07, 6.45) is 10.7. The zero-order valence-electron chi connectivity index (χ0n) is 11.8. The van der Waals surface area contributed by atoms with E-state index in [4.69, 9.17) is 5.73 Å². The van der Waals surface area contributed by atoms with Crippen molar-refractivity contribution in [3.05, 3.63) is 12.2 Å². The third kappa shape index (κ3) is 2.44. The molecule has 1 aliphatic carbocycles. The number of urea groups is 1. The first-order valence-electron chi connectivity index (χ1n) is 7.55. The summed E-state index contributed by atoms with van der Waals surface area (Å²) in [5.41, 5.74) is 5.58. The van der Waals surface area contributed by atoms with E-state index in [0.717, 1.165) is 18.8 Å². The van der Waals surface area contributed by atoms with Crippen molar-refractivity contribution in [2.75, 3.05) is 18.8 Å². The molecule has 20 heavy (non-hydrogen) atoms. The van der Waals surface area contributed by atoms with E-state index in [1.807, 2.05) is 0 Å². The topological polar surface area (TPSA) is 79.2 Å². The second-order valence-electron chi connectivity index (χ2n) is 6.02.